The van der Waals surface area contributed by atoms with Gasteiger partial charge < -0.3 is 10.2 Å². The summed E-state index contributed by atoms with van der Waals surface area (Å²) < 4.78 is 0. The molecule has 0 aromatic heterocycles. The van der Waals surface area contributed by atoms with Crippen LogP contribution < -0.4 is 0 Å². The second kappa shape index (κ2) is 4.19. The van der Waals surface area contributed by atoms with E-state index in [1.807, 2.05) is 0 Å². The second-order valence-corrected chi connectivity index (χ2v) is 5.44. The van der Waals surface area contributed by atoms with Gasteiger partial charge in [0.25, 0.3) is 0 Å². The molecule has 2 N–H and O–H groups in total. The predicted octanol–water partition coefficient (Wildman–Crippen LogP) is 1.66. The van der Waals surface area contributed by atoms with Crippen LogP contribution in [-0.4, -0.2) is 23.4 Å². The molecule has 14 heavy (non-hydrogen) atoms. The van der Waals surface area contributed by atoms with Crippen LogP contribution in [0.5, 0.6) is 0 Å². The normalized spacial score (nSPS) is 47.8. The van der Waals surface area contributed by atoms with Crippen molar-refractivity contribution in [2.24, 2.45) is 29.6 Å². The van der Waals surface area contributed by atoms with Crippen molar-refractivity contribution in [3.63, 3.8) is 0 Å². The van der Waals surface area contributed by atoms with Crippen molar-refractivity contribution < 1.29 is 10.2 Å². The smallest absolute Gasteiger partial charge is 0.0459 e. The molecular formula is C12H22O2. The maximum absolute atomic E-state index is 9.20. The molecule has 2 fully saturated rings. The van der Waals surface area contributed by atoms with Gasteiger partial charge in [-0.15, -0.1) is 0 Å². The third-order valence-corrected chi connectivity index (χ3v) is 4.44. The number of fused-ring (bicyclic) bond motifs is 1. The molecule has 0 aromatic carbocycles. The van der Waals surface area contributed by atoms with E-state index in [1.54, 1.807) is 0 Å². The molecule has 0 aromatic rings. The Kier molecular flexibility index (Phi) is 3.13. The van der Waals surface area contributed by atoms with Crippen molar-refractivity contribution in [1.29, 1.82) is 0 Å². The molecule has 2 heteroatoms. The summed E-state index contributed by atoms with van der Waals surface area (Å²) in [6, 6.07) is 0. The highest BCUT2D eigenvalue weighted by atomic mass is 16.3. The molecule has 2 saturated carbocycles. The average molecular weight is 198 g/mol. The summed E-state index contributed by atoms with van der Waals surface area (Å²) in [6.45, 7) is 3.04. The van der Waals surface area contributed by atoms with Crippen molar-refractivity contribution in [2.45, 2.75) is 32.6 Å². The lowest BCUT2D eigenvalue weighted by Crippen LogP contribution is -2.29. The number of hydrogen-bond acceptors (Lipinski definition) is 2. The summed E-state index contributed by atoms with van der Waals surface area (Å²) in [7, 11) is 0. The fourth-order valence-electron chi connectivity index (χ4n) is 3.77. The second-order valence-electron chi connectivity index (χ2n) is 5.44. The van der Waals surface area contributed by atoms with Crippen LogP contribution in [0.15, 0.2) is 0 Å². The Morgan fingerprint density at radius 1 is 0.929 bits per heavy atom. The Balaban J connectivity index is 1.99. The van der Waals surface area contributed by atoms with Crippen LogP contribution in [-0.2, 0) is 0 Å². The highest BCUT2D eigenvalue weighted by molar-refractivity contribution is 4.91. The number of rotatable bonds is 2. The van der Waals surface area contributed by atoms with Gasteiger partial charge in [0.05, 0.1) is 0 Å². The number of aliphatic hydroxyl groups excluding tert-OH is 2. The van der Waals surface area contributed by atoms with E-state index >= 15 is 0 Å². The highest BCUT2D eigenvalue weighted by Gasteiger charge is 2.41. The molecule has 0 saturated heterocycles. The molecule has 2 aliphatic carbocycles. The van der Waals surface area contributed by atoms with E-state index in [-0.39, 0.29) is 0 Å². The summed E-state index contributed by atoms with van der Waals surface area (Å²) in [5, 5.41) is 18.4. The van der Waals surface area contributed by atoms with Gasteiger partial charge in [-0.1, -0.05) is 6.92 Å². The molecule has 2 nitrogen and oxygen atoms in total. The van der Waals surface area contributed by atoms with Gasteiger partial charge in [-0.25, -0.2) is 0 Å². The maximum Gasteiger partial charge on any atom is 0.0459 e. The first-order valence-electron chi connectivity index (χ1n) is 5.96. The van der Waals surface area contributed by atoms with Crippen LogP contribution in [0.25, 0.3) is 0 Å². The first-order chi connectivity index (χ1) is 6.74. The lowest BCUT2D eigenvalue weighted by Gasteiger charge is -2.36. The lowest BCUT2D eigenvalue weighted by molar-refractivity contribution is 0.0948. The van der Waals surface area contributed by atoms with E-state index in [9.17, 15) is 10.2 Å². The molecule has 2 rings (SSSR count). The van der Waals surface area contributed by atoms with Crippen LogP contribution in [0.4, 0.5) is 0 Å². The molecule has 0 radical (unpaired) electrons. The van der Waals surface area contributed by atoms with Gasteiger partial charge in [-0.2, -0.15) is 0 Å². The van der Waals surface area contributed by atoms with Crippen molar-refractivity contribution >= 4 is 0 Å². The van der Waals surface area contributed by atoms with Crippen molar-refractivity contribution in [3.8, 4) is 0 Å². The Labute approximate surface area is 86.3 Å². The molecule has 0 aliphatic heterocycles. The quantitative estimate of drug-likeness (QED) is 0.708. The molecule has 5 atom stereocenters. The minimum atomic E-state index is 0.358. The minimum absolute atomic E-state index is 0.358. The minimum Gasteiger partial charge on any atom is -0.396 e. The average Bonchev–Trinajstić information content (AvgIpc) is 2.61. The van der Waals surface area contributed by atoms with Crippen LogP contribution in [0, 0.1) is 29.6 Å². The van der Waals surface area contributed by atoms with E-state index in [0.717, 1.165) is 17.8 Å². The third kappa shape index (κ3) is 1.82. The Bertz CT molecular complexity index is 193. The largest absolute Gasteiger partial charge is 0.396 e. The van der Waals surface area contributed by atoms with Crippen LogP contribution in [0.2, 0.25) is 0 Å². The van der Waals surface area contributed by atoms with Crippen molar-refractivity contribution in [2.75, 3.05) is 13.2 Å². The molecule has 5 unspecified atom stereocenters. The zero-order valence-corrected chi connectivity index (χ0v) is 9.02. The maximum atomic E-state index is 9.20. The van der Waals surface area contributed by atoms with E-state index in [0.29, 0.717) is 25.0 Å². The summed E-state index contributed by atoms with van der Waals surface area (Å²) in [5.41, 5.74) is 0. The van der Waals surface area contributed by atoms with Crippen LogP contribution in [0.3, 0.4) is 0 Å². The van der Waals surface area contributed by atoms with Crippen molar-refractivity contribution in [1.82, 2.24) is 0 Å². The molecule has 0 heterocycles. The van der Waals surface area contributed by atoms with Crippen molar-refractivity contribution in [3.05, 3.63) is 0 Å². The number of hydrogen-bond donors (Lipinski definition) is 2. The first kappa shape index (κ1) is 10.4. The third-order valence-electron chi connectivity index (χ3n) is 4.44. The van der Waals surface area contributed by atoms with Gasteiger partial charge in [0, 0.05) is 13.2 Å². The van der Waals surface area contributed by atoms with Crippen LogP contribution >= 0.6 is 0 Å². The summed E-state index contributed by atoms with van der Waals surface area (Å²) in [4.78, 5) is 0. The van der Waals surface area contributed by atoms with Gasteiger partial charge in [0.2, 0.25) is 0 Å². The highest BCUT2D eigenvalue weighted by Crippen LogP contribution is 2.49. The molecular weight excluding hydrogens is 176 g/mol. The Hall–Kier alpha value is -0.0800. The van der Waals surface area contributed by atoms with Gasteiger partial charge in [-0.05, 0) is 55.3 Å². The molecule has 0 amide bonds. The predicted molar refractivity (Wildman–Crippen MR) is 55.8 cm³/mol. The van der Waals surface area contributed by atoms with E-state index in [4.69, 9.17) is 0 Å². The molecule has 2 aliphatic rings. The number of aliphatic hydroxyl groups is 2. The zero-order valence-electron chi connectivity index (χ0n) is 9.02. The monoisotopic (exact) mass is 198 g/mol. The molecule has 0 bridgehead atoms. The van der Waals surface area contributed by atoms with Gasteiger partial charge >= 0.3 is 0 Å². The SMILES string of the molecule is CC1CC(CO)CC2CC(CO)CC12. The fraction of sp³-hybridized carbons (Fsp3) is 1.00. The van der Waals surface area contributed by atoms with Gasteiger partial charge in [0.1, 0.15) is 0 Å². The summed E-state index contributed by atoms with van der Waals surface area (Å²) in [6.07, 6.45) is 4.81. The van der Waals surface area contributed by atoms with Gasteiger partial charge in [0.15, 0.2) is 0 Å². The lowest BCUT2D eigenvalue weighted by atomic mass is 9.70. The first-order valence-corrected chi connectivity index (χ1v) is 5.96. The summed E-state index contributed by atoms with van der Waals surface area (Å²) in [5.74, 6) is 3.44. The standard InChI is InChI=1S/C12H22O2/c1-8-2-9(6-13)3-11-4-10(7-14)5-12(8)11/h8-14H,2-7H2,1H3. The van der Waals surface area contributed by atoms with Crippen LogP contribution in [0.1, 0.15) is 32.6 Å². The van der Waals surface area contributed by atoms with E-state index in [1.165, 1.54) is 25.7 Å². The van der Waals surface area contributed by atoms with E-state index < -0.39 is 0 Å². The summed E-state index contributed by atoms with van der Waals surface area (Å²) >= 11 is 0. The fourth-order valence-corrected chi connectivity index (χ4v) is 3.77. The van der Waals surface area contributed by atoms with Gasteiger partial charge in [-0.3, -0.25) is 0 Å². The molecule has 0 spiro atoms. The Morgan fingerprint density at radius 3 is 2.07 bits per heavy atom. The molecule has 82 valence electrons. The van der Waals surface area contributed by atoms with E-state index in [2.05, 4.69) is 6.92 Å². The Morgan fingerprint density at radius 2 is 1.50 bits per heavy atom. The zero-order chi connectivity index (χ0) is 10.1. The topological polar surface area (TPSA) is 40.5 Å².